The van der Waals surface area contributed by atoms with Gasteiger partial charge in [0.1, 0.15) is 5.75 Å². The van der Waals surface area contributed by atoms with Crippen LogP contribution in [0.25, 0.3) is 0 Å². The van der Waals surface area contributed by atoms with Gasteiger partial charge in [-0.05, 0) is 23.3 Å². The van der Waals surface area contributed by atoms with Crippen LogP contribution >= 0.6 is 0 Å². The van der Waals surface area contributed by atoms with Crippen molar-refractivity contribution >= 4 is 6.03 Å². The van der Waals surface area contributed by atoms with Crippen LogP contribution in [-0.2, 0) is 13.1 Å². The highest BCUT2D eigenvalue weighted by Gasteiger charge is 2.06. The molecule has 0 fully saturated rings. The van der Waals surface area contributed by atoms with Crippen LogP contribution in [-0.4, -0.2) is 11.1 Å². The summed E-state index contributed by atoms with van der Waals surface area (Å²) < 4.78 is 24.8. The average Bonchev–Trinajstić information content (AvgIpc) is 2.51. The Morgan fingerprint density at radius 2 is 1.64 bits per heavy atom. The smallest absolute Gasteiger partial charge is 0.315 e. The lowest BCUT2D eigenvalue weighted by Gasteiger charge is -2.08. The molecule has 0 spiro atoms. The summed E-state index contributed by atoms with van der Waals surface area (Å²) in [5.41, 5.74) is 1.46. The topological polar surface area (TPSA) is 61.4 Å². The van der Waals surface area contributed by atoms with Gasteiger partial charge in [-0.1, -0.05) is 36.4 Å². The van der Waals surface area contributed by atoms with Crippen LogP contribution in [0.2, 0.25) is 0 Å². The summed E-state index contributed by atoms with van der Waals surface area (Å²) in [5.74, 6) is 0.138. The first kappa shape index (κ1) is 15.8. The maximum Gasteiger partial charge on any atom is 0.315 e. The van der Waals surface area contributed by atoms with Gasteiger partial charge in [-0.3, -0.25) is 0 Å². The van der Waals surface area contributed by atoms with Crippen molar-refractivity contribution < 1.29 is 18.7 Å². The number of phenolic OH excluding ortho intramolecular Hbond substituents is 1. The zero-order chi connectivity index (χ0) is 15.9. The third-order valence-electron chi connectivity index (χ3n) is 3.05. The summed E-state index contributed by atoms with van der Waals surface area (Å²) in [6.07, 6.45) is -2.49. The Hall–Kier alpha value is -2.63. The summed E-state index contributed by atoms with van der Waals surface area (Å²) in [7, 11) is 0. The van der Waals surface area contributed by atoms with Crippen LogP contribution in [0.4, 0.5) is 13.6 Å². The fraction of sp³-hybridized carbons (Fsp3) is 0.188. The highest BCUT2D eigenvalue weighted by Crippen LogP contribution is 2.18. The van der Waals surface area contributed by atoms with Crippen LogP contribution in [0.15, 0.2) is 48.5 Å². The first-order chi connectivity index (χ1) is 10.5. The molecule has 2 rings (SSSR count). The highest BCUT2D eigenvalue weighted by atomic mass is 19.3. The molecule has 116 valence electrons. The van der Waals surface area contributed by atoms with Crippen molar-refractivity contribution in [3.8, 4) is 5.75 Å². The van der Waals surface area contributed by atoms with E-state index < -0.39 is 6.43 Å². The maximum absolute atomic E-state index is 12.4. The molecule has 22 heavy (non-hydrogen) atoms. The molecule has 0 saturated carbocycles. The van der Waals surface area contributed by atoms with Crippen LogP contribution in [0, 0.1) is 0 Å². The van der Waals surface area contributed by atoms with E-state index in [1.165, 1.54) is 12.1 Å². The molecule has 2 aromatic rings. The molecule has 0 radical (unpaired) electrons. The predicted octanol–water partition coefficient (Wildman–Crippen LogP) is 3.33. The van der Waals surface area contributed by atoms with E-state index >= 15 is 0 Å². The van der Waals surface area contributed by atoms with Crippen molar-refractivity contribution in [1.82, 2.24) is 10.6 Å². The number of halogens is 2. The van der Waals surface area contributed by atoms with E-state index in [1.807, 2.05) is 0 Å². The lowest BCUT2D eigenvalue weighted by Crippen LogP contribution is -2.34. The number of amides is 2. The number of alkyl halides is 2. The predicted molar refractivity (Wildman–Crippen MR) is 78.6 cm³/mol. The molecule has 0 heterocycles. The molecule has 2 amide bonds. The normalized spacial score (nSPS) is 10.5. The Morgan fingerprint density at radius 1 is 1.00 bits per heavy atom. The van der Waals surface area contributed by atoms with Crippen LogP contribution in [0.3, 0.4) is 0 Å². The summed E-state index contributed by atoms with van der Waals surface area (Å²) in [6, 6.07) is 12.0. The van der Waals surface area contributed by atoms with Crippen molar-refractivity contribution in [2.24, 2.45) is 0 Å². The van der Waals surface area contributed by atoms with Gasteiger partial charge < -0.3 is 15.7 Å². The maximum atomic E-state index is 12.4. The molecule has 2 aromatic carbocycles. The summed E-state index contributed by atoms with van der Waals surface area (Å²) >= 11 is 0. The minimum Gasteiger partial charge on any atom is -0.508 e. The third-order valence-corrected chi connectivity index (χ3v) is 3.05. The minimum atomic E-state index is -2.49. The second-order valence-corrected chi connectivity index (χ2v) is 4.75. The summed E-state index contributed by atoms with van der Waals surface area (Å²) in [6.45, 7) is 0.528. The van der Waals surface area contributed by atoms with Gasteiger partial charge in [-0.25, -0.2) is 13.6 Å². The Labute approximate surface area is 126 Å². The molecule has 0 aliphatic carbocycles. The molecular formula is C16H16F2N2O2. The average molecular weight is 306 g/mol. The van der Waals surface area contributed by atoms with Crippen molar-refractivity contribution in [3.05, 3.63) is 65.2 Å². The van der Waals surface area contributed by atoms with E-state index in [4.69, 9.17) is 0 Å². The van der Waals surface area contributed by atoms with Crippen molar-refractivity contribution in [2.45, 2.75) is 19.5 Å². The van der Waals surface area contributed by atoms with Gasteiger partial charge in [0.15, 0.2) is 0 Å². The first-order valence-electron chi connectivity index (χ1n) is 6.71. The number of carbonyl (C=O) groups excluding carboxylic acids is 1. The van der Waals surface area contributed by atoms with Gasteiger partial charge in [0.25, 0.3) is 6.43 Å². The molecule has 0 aliphatic heterocycles. The zero-order valence-electron chi connectivity index (χ0n) is 11.7. The highest BCUT2D eigenvalue weighted by molar-refractivity contribution is 5.73. The quantitative estimate of drug-likeness (QED) is 0.793. The first-order valence-corrected chi connectivity index (χ1v) is 6.71. The lowest BCUT2D eigenvalue weighted by atomic mass is 10.1. The van der Waals surface area contributed by atoms with E-state index in [9.17, 15) is 18.7 Å². The molecule has 0 aromatic heterocycles. The van der Waals surface area contributed by atoms with Gasteiger partial charge in [0.05, 0.1) is 0 Å². The third kappa shape index (κ3) is 4.73. The number of rotatable bonds is 5. The molecule has 6 heteroatoms. The van der Waals surface area contributed by atoms with Gasteiger partial charge in [-0.15, -0.1) is 0 Å². The Kier molecular flexibility index (Phi) is 5.30. The van der Waals surface area contributed by atoms with Crippen molar-refractivity contribution in [2.75, 3.05) is 0 Å². The van der Waals surface area contributed by atoms with Crippen LogP contribution < -0.4 is 10.6 Å². The van der Waals surface area contributed by atoms with E-state index in [0.29, 0.717) is 0 Å². The second-order valence-electron chi connectivity index (χ2n) is 4.75. The number of carbonyl (C=O) groups is 1. The fourth-order valence-electron chi connectivity index (χ4n) is 1.87. The van der Waals surface area contributed by atoms with Gasteiger partial charge in [0.2, 0.25) is 0 Å². The molecule has 3 N–H and O–H groups in total. The molecule has 4 nitrogen and oxygen atoms in total. The van der Waals surface area contributed by atoms with E-state index in [1.54, 1.807) is 36.4 Å². The lowest BCUT2D eigenvalue weighted by molar-refractivity contribution is 0.151. The molecule has 0 atom stereocenters. The number of hydrogen-bond donors (Lipinski definition) is 3. The van der Waals surface area contributed by atoms with Gasteiger partial charge in [0, 0.05) is 18.7 Å². The molecule has 0 bridgehead atoms. The van der Waals surface area contributed by atoms with Crippen molar-refractivity contribution in [3.63, 3.8) is 0 Å². The largest absolute Gasteiger partial charge is 0.508 e. The Balaban J connectivity index is 1.77. The number of phenols is 1. The second kappa shape index (κ2) is 7.40. The van der Waals surface area contributed by atoms with E-state index in [2.05, 4.69) is 10.6 Å². The molecule has 0 saturated heterocycles. The monoisotopic (exact) mass is 306 g/mol. The standard InChI is InChI=1S/C16H16F2N2O2/c17-15(18)13-6-4-11(5-7-13)9-19-16(22)20-10-12-2-1-3-14(21)8-12/h1-8,15,21H,9-10H2,(H2,19,20,22). The number of benzene rings is 2. The summed E-state index contributed by atoms with van der Waals surface area (Å²) in [4.78, 5) is 11.6. The SMILES string of the molecule is O=C(NCc1ccc(C(F)F)cc1)NCc1cccc(O)c1. The molecule has 0 aliphatic rings. The number of urea groups is 1. The minimum absolute atomic E-state index is 0.0444. The van der Waals surface area contributed by atoms with Gasteiger partial charge in [-0.2, -0.15) is 0 Å². The Morgan fingerprint density at radius 3 is 2.23 bits per heavy atom. The number of nitrogens with one attached hydrogen (secondary N) is 2. The fourth-order valence-corrected chi connectivity index (χ4v) is 1.87. The Bertz CT molecular complexity index is 630. The number of hydrogen-bond acceptors (Lipinski definition) is 2. The molecule has 0 unspecified atom stereocenters. The zero-order valence-corrected chi connectivity index (χ0v) is 11.7. The van der Waals surface area contributed by atoms with Gasteiger partial charge >= 0.3 is 6.03 Å². The number of aromatic hydroxyl groups is 1. The van der Waals surface area contributed by atoms with E-state index in [-0.39, 0.29) is 30.4 Å². The van der Waals surface area contributed by atoms with E-state index in [0.717, 1.165) is 11.1 Å². The molecular weight excluding hydrogens is 290 g/mol. The van der Waals surface area contributed by atoms with Crippen LogP contribution in [0.1, 0.15) is 23.1 Å². The van der Waals surface area contributed by atoms with Crippen LogP contribution in [0.5, 0.6) is 5.75 Å². The van der Waals surface area contributed by atoms with Crippen molar-refractivity contribution in [1.29, 1.82) is 0 Å². The summed E-state index contributed by atoms with van der Waals surface area (Å²) in [5, 5.41) is 14.6.